The van der Waals surface area contributed by atoms with Crippen molar-refractivity contribution in [3.05, 3.63) is 29.8 Å². The van der Waals surface area contributed by atoms with Crippen LogP contribution in [0.3, 0.4) is 0 Å². The second-order valence-corrected chi connectivity index (χ2v) is 5.20. The standard InChI is InChI=1S/C15H23NO2/c1-18-14-7-5-13(6-8-14)11-16-15(12-17)9-3-2-4-10-15/h5-8,16-17H,2-4,9-12H2,1H3. The summed E-state index contributed by atoms with van der Waals surface area (Å²) in [5.41, 5.74) is 1.17. The van der Waals surface area contributed by atoms with Crippen LogP contribution in [0.25, 0.3) is 0 Å². The highest BCUT2D eigenvalue weighted by Gasteiger charge is 2.30. The molecule has 3 nitrogen and oxygen atoms in total. The van der Waals surface area contributed by atoms with Gasteiger partial charge in [-0.15, -0.1) is 0 Å². The summed E-state index contributed by atoms with van der Waals surface area (Å²) in [6.45, 7) is 1.05. The van der Waals surface area contributed by atoms with E-state index in [1.54, 1.807) is 7.11 Å². The van der Waals surface area contributed by atoms with Crippen molar-refractivity contribution in [3.63, 3.8) is 0 Å². The van der Waals surface area contributed by atoms with Crippen molar-refractivity contribution < 1.29 is 9.84 Å². The number of nitrogens with one attached hydrogen (secondary N) is 1. The van der Waals surface area contributed by atoms with Crippen LogP contribution in [0.2, 0.25) is 0 Å². The van der Waals surface area contributed by atoms with Gasteiger partial charge in [0, 0.05) is 12.1 Å². The quantitative estimate of drug-likeness (QED) is 0.842. The summed E-state index contributed by atoms with van der Waals surface area (Å²) in [5.74, 6) is 0.883. The maximum atomic E-state index is 9.62. The fraction of sp³-hybridized carbons (Fsp3) is 0.600. The molecule has 100 valence electrons. The zero-order valence-electron chi connectivity index (χ0n) is 11.1. The van der Waals surface area contributed by atoms with Gasteiger partial charge in [0.25, 0.3) is 0 Å². The molecule has 18 heavy (non-hydrogen) atoms. The lowest BCUT2D eigenvalue weighted by Gasteiger charge is -2.36. The molecule has 2 N–H and O–H groups in total. The minimum Gasteiger partial charge on any atom is -0.497 e. The molecule has 1 aromatic carbocycles. The summed E-state index contributed by atoms with van der Waals surface area (Å²) in [6.07, 6.45) is 5.90. The molecular formula is C15H23NO2. The molecular weight excluding hydrogens is 226 g/mol. The highest BCUT2D eigenvalue weighted by atomic mass is 16.5. The summed E-state index contributed by atoms with van der Waals surface area (Å²) in [7, 11) is 1.68. The van der Waals surface area contributed by atoms with Crippen LogP contribution in [0.5, 0.6) is 5.75 Å². The summed E-state index contributed by atoms with van der Waals surface area (Å²) in [4.78, 5) is 0. The Bertz CT molecular complexity index is 355. The van der Waals surface area contributed by atoms with Gasteiger partial charge in [-0.05, 0) is 30.5 Å². The number of aliphatic hydroxyl groups is 1. The van der Waals surface area contributed by atoms with E-state index in [0.29, 0.717) is 0 Å². The molecule has 0 aliphatic heterocycles. The van der Waals surface area contributed by atoms with Gasteiger partial charge in [-0.2, -0.15) is 0 Å². The first-order valence-corrected chi connectivity index (χ1v) is 6.77. The van der Waals surface area contributed by atoms with Crippen molar-refractivity contribution in [3.8, 4) is 5.75 Å². The number of aliphatic hydroxyl groups excluding tert-OH is 1. The number of benzene rings is 1. The maximum absolute atomic E-state index is 9.62. The number of methoxy groups -OCH3 is 1. The van der Waals surface area contributed by atoms with Crippen LogP contribution in [0.4, 0.5) is 0 Å². The summed E-state index contributed by atoms with van der Waals surface area (Å²) >= 11 is 0. The second kappa shape index (κ2) is 6.21. The van der Waals surface area contributed by atoms with Crippen LogP contribution in [-0.2, 0) is 6.54 Å². The first-order valence-electron chi connectivity index (χ1n) is 6.77. The molecule has 0 bridgehead atoms. The number of hydrogen-bond acceptors (Lipinski definition) is 3. The van der Waals surface area contributed by atoms with Gasteiger partial charge < -0.3 is 15.2 Å². The van der Waals surface area contributed by atoms with Gasteiger partial charge in [0.1, 0.15) is 5.75 Å². The normalized spacial score (nSPS) is 18.6. The van der Waals surface area contributed by atoms with E-state index in [2.05, 4.69) is 17.4 Å². The Hall–Kier alpha value is -1.06. The van der Waals surface area contributed by atoms with E-state index < -0.39 is 0 Å². The van der Waals surface area contributed by atoms with Crippen LogP contribution >= 0.6 is 0 Å². The first-order chi connectivity index (χ1) is 8.78. The van der Waals surface area contributed by atoms with Crippen molar-refractivity contribution in [2.24, 2.45) is 0 Å². The van der Waals surface area contributed by atoms with Gasteiger partial charge in [0.15, 0.2) is 0 Å². The van der Waals surface area contributed by atoms with E-state index in [-0.39, 0.29) is 12.1 Å². The van der Waals surface area contributed by atoms with E-state index >= 15 is 0 Å². The molecule has 1 fully saturated rings. The number of hydrogen-bond donors (Lipinski definition) is 2. The van der Waals surface area contributed by atoms with E-state index in [4.69, 9.17) is 4.74 Å². The molecule has 0 heterocycles. The Morgan fingerprint density at radius 1 is 1.17 bits per heavy atom. The van der Waals surface area contributed by atoms with E-state index in [1.165, 1.54) is 24.8 Å². The molecule has 1 aliphatic carbocycles. The molecule has 0 unspecified atom stereocenters. The number of ether oxygens (including phenoxy) is 1. The smallest absolute Gasteiger partial charge is 0.118 e. The van der Waals surface area contributed by atoms with Crippen molar-refractivity contribution in [1.82, 2.24) is 5.32 Å². The average molecular weight is 249 g/mol. The first kappa shape index (κ1) is 13.4. The third kappa shape index (κ3) is 3.24. The van der Waals surface area contributed by atoms with Gasteiger partial charge in [-0.3, -0.25) is 0 Å². The van der Waals surface area contributed by atoms with Crippen LogP contribution in [0, 0.1) is 0 Å². The van der Waals surface area contributed by atoms with E-state index in [1.807, 2.05) is 12.1 Å². The Kier molecular flexibility index (Phi) is 4.61. The molecule has 0 aromatic heterocycles. The van der Waals surface area contributed by atoms with Gasteiger partial charge >= 0.3 is 0 Å². The summed E-state index contributed by atoms with van der Waals surface area (Å²) < 4.78 is 5.14. The summed E-state index contributed by atoms with van der Waals surface area (Å²) in [6, 6.07) is 8.09. The molecule has 2 rings (SSSR count). The predicted molar refractivity (Wildman–Crippen MR) is 72.7 cm³/mol. The largest absolute Gasteiger partial charge is 0.497 e. The Morgan fingerprint density at radius 2 is 1.83 bits per heavy atom. The molecule has 1 aliphatic rings. The minimum atomic E-state index is -0.0574. The van der Waals surface area contributed by atoms with Crippen molar-refractivity contribution in [2.45, 2.75) is 44.2 Å². The highest BCUT2D eigenvalue weighted by molar-refractivity contribution is 5.27. The molecule has 0 amide bonds. The third-order valence-corrected chi connectivity index (χ3v) is 3.94. The predicted octanol–water partition coefficient (Wildman–Crippen LogP) is 2.48. The highest BCUT2D eigenvalue weighted by Crippen LogP contribution is 2.28. The van der Waals surface area contributed by atoms with Crippen LogP contribution < -0.4 is 10.1 Å². The van der Waals surface area contributed by atoms with E-state index in [9.17, 15) is 5.11 Å². The average Bonchev–Trinajstić information content (AvgIpc) is 2.47. The number of rotatable bonds is 5. The maximum Gasteiger partial charge on any atom is 0.118 e. The van der Waals surface area contributed by atoms with Gasteiger partial charge in [-0.25, -0.2) is 0 Å². The Balaban J connectivity index is 1.92. The Labute approximate surface area is 109 Å². The molecule has 0 radical (unpaired) electrons. The fourth-order valence-electron chi connectivity index (χ4n) is 2.65. The Morgan fingerprint density at radius 3 is 2.39 bits per heavy atom. The lowest BCUT2D eigenvalue weighted by Crippen LogP contribution is -2.49. The van der Waals surface area contributed by atoms with Crippen LogP contribution in [0.15, 0.2) is 24.3 Å². The van der Waals surface area contributed by atoms with Gasteiger partial charge in [-0.1, -0.05) is 31.4 Å². The van der Waals surface area contributed by atoms with Gasteiger partial charge in [0.2, 0.25) is 0 Å². The lowest BCUT2D eigenvalue weighted by molar-refractivity contribution is 0.119. The zero-order chi connectivity index (χ0) is 12.8. The van der Waals surface area contributed by atoms with Crippen LogP contribution in [0.1, 0.15) is 37.7 Å². The molecule has 1 saturated carbocycles. The van der Waals surface area contributed by atoms with E-state index in [0.717, 1.165) is 25.1 Å². The molecule has 0 saturated heterocycles. The zero-order valence-corrected chi connectivity index (χ0v) is 11.1. The topological polar surface area (TPSA) is 41.5 Å². The van der Waals surface area contributed by atoms with Crippen LogP contribution in [-0.4, -0.2) is 24.4 Å². The van der Waals surface area contributed by atoms with Gasteiger partial charge in [0.05, 0.1) is 13.7 Å². The summed E-state index contributed by atoms with van der Waals surface area (Å²) in [5, 5.41) is 13.2. The monoisotopic (exact) mass is 249 g/mol. The minimum absolute atomic E-state index is 0.0574. The third-order valence-electron chi connectivity index (χ3n) is 3.94. The van der Waals surface area contributed by atoms with Crippen molar-refractivity contribution in [2.75, 3.05) is 13.7 Å². The molecule has 0 spiro atoms. The van der Waals surface area contributed by atoms with Crippen molar-refractivity contribution >= 4 is 0 Å². The molecule has 0 atom stereocenters. The molecule has 1 aromatic rings. The second-order valence-electron chi connectivity index (χ2n) is 5.20. The lowest BCUT2D eigenvalue weighted by atomic mass is 9.82. The fourth-order valence-corrected chi connectivity index (χ4v) is 2.65. The molecule has 3 heteroatoms. The van der Waals surface area contributed by atoms with Crippen molar-refractivity contribution in [1.29, 1.82) is 0 Å². The SMILES string of the molecule is COc1ccc(CNC2(CO)CCCCC2)cc1.